The molecule has 0 atom stereocenters. The maximum absolute atomic E-state index is 5.48. The van der Waals surface area contributed by atoms with Gasteiger partial charge in [0.05, 0.1) is 11.7 Å². The molecule has 0 amide bonds. The van der Waals surface area contributed by atoms with Gasteiger partial charge >= 0.3 is 0 Å². The van der Waals surface area contributed by atoms with E-state index in [4.69, 9.17) is 5.73 Å². The molecule has 0 aliphatic rings. The summed E-state index contributed by atoms with van der Waals surface area (Å²) in [5.41, 5.74) is 7.53. The zero-order chi connectivity index (χ0) is 9.26. The first-order valence-corrected chi connectivity index (χ1v) is 4.28. The number of pyridine rings is 1. The van der Waals surface area contributed by atoms with Crippen LogP contribution < -0.4 is 5.73 Å². The second-order valence-corrected chi connectivity index (χ2v) is 2.99. The molecular formula is C9H12N4. The SMILES string of the molecule is Cn1c(CCN)nc2cnccc21. The molecule has 0 saturated heterocycles. The first-order valence-electron chi connectivity index (χ1n) is 4.28. The van der Waals surface area contributed by atoms with Crippen LogP contribution in [0.15, 0.2) is 18.5 Å². The molecular weight excluding hydrogens is 164 g/mol. The number of hydrogen-bond acceptors (Lipinski definition) is 3. The Balaban J connectivity index is 2.60. The first-order chi connectivity index (χ1) is 6.33. The number of hydrogen-bond donors (Lipinski definition) is 1. The molecule has 0 radical (unpaired) electrons. The number of fused-ring (bicyclic) bond motifs is 1. The second-order valence-electron chi connectivity index (χ2n) is 2.99. The lowest BCUT2D eigenvalue weighted by atomic mass is 10.4. The summed E-state index contributed by atoms with van der Waals surface area (Å²) in [4.78, 5) is 8.44. The molecule has 2 heterocycles. The van der Waals surface area contributed by atoms with Gasteiger partial charge in [-0.05, 0) is 12.6 Å². The lowest BCUT2D eigenvalue weighted by Gasteiger charge is -1.98. The normalized spacial score (nSPS) is 10.9. The van der Waals surface area contributed by atoms with Gasteiger partial charge in [-0.15, -0.1) is 0 Å². The van der Waals surface area contributed by atoms with Gasteiger partial charge in [-0.2, -0.15) is 0 Å². The molecule has 0 spiro atoms. The van der Waals surface area contributed by atoms with E-state index in [1.807, 2.05) is 13.1 Å². The fourth-order valence-electron chi connectivity index (χ4n) is 1.45. The quantitative estimate of drug-likeness (QED) is 0.723. The molecule has 0 aromatic carbocycles. The van der Waals surface area contributed by atoms with E-state index in [2.05, 4.69) is 14.5 Å². The predicted octanol–water partition coefficient (Wildman–Crippen LogP) is 0.469. The van der Waals surface area contributed by atoms with Crippen LogP contribution in [-0.2, 0) is 13.5 Å². The van der Waals surface area contributed by atoms with Gasteiger partial charge in [-0.3, -0.25) is 4.98 Å². The Morgan fingerprint density at radius 1 is 1.54 bits per heavy atom. The Kier molecular flexibility index (Phi) is 1.98. The maximum atomic E-state index is 5.48. The summed E-state index contributed by atoms with van der Waals surface area (Å²) in [7, 11) is 2.00. The topological polar surface area (TPSA) is 56.7 Å². The largest absolute Gasteiger partial charge is 0.331 e. The highest BCUT2D eigenvalue weighted by Gasteiger charge is 2.05. The Hall–Kier alpha value is -1.42. The van der Waals surface area contributed by atoms with E-state index in [-0.39, 0.29) is 0 Å². The smallest absolute Gasteiger partial charge is 0.110 e. The van der Waals surface area contributed by atoms with Gasteiger partial charge in [0.25, 0.3) is 0 Å². The fourth-order valence-corrected chi connectivity index (χ4v) is 1.45. The molecule has 4 heteroatoms. The molecule has 0 aliphatic carbocycles. The molecule has 2 rings (SSSR count). The van der Waals surface area contributed by atoms with Crippen LogP contribution >= 0.6 is 0 Å². The van der Waals surface area contributed by atoms with E-state index in [0.29, 0.717) is 6.54 Å². The molecule has 0 aliphatic heterocycles. The lowest BCUT2D eigenvalue weighted by Crippen LogP contribution is -2.07. The van der Waals surface area contributed by atoms with Crippen LogP contribution in [0.2, 0.25) is 0 Å². The van der Waals surface area contributed by atoms with Crippen LogP contribution in [0.5, 0.6) is 0 Å². The van der Waals surface area contributed by atoms with Crippen molar-refractivity contribution in [3.8, 4) is 0 Å². The standard InChI is InChI=1S/C9H12N4/c1-13-8-3-5-11-6-7(8)12-9(13)2-4-10/h3,5-6H,2,4,10H2,1H3. The fraction of sp³-hybridized carbons (Fsp3) is 0.333. The third-order valence-corrected chi connectivity index (χ3v) is 2.14. The monoisotopic (exact) mass is 176 g/mol. The molecule has 4 nitrogen and oxygen atoms in total. The molecule has 68 valence electrons. The summed E-state index contributed by atoms with van der Waals surface area (Å²) in [6.07, 6.45) is 4.36. The average molecular weight is 176 g/mol. The number of imidazole rings is 1. The summed E-state index contributed by atoms with van der Waals surface area (Å²) < 4.78 is 2.06. The number of aryl methyl sites for hydroxylation is 1. The van der Waals surface area contributed by atoms with Crippen molar-refractivity contribution in [1.29, 1.82) is 0 Å². The molecule has 2 aromatic heterocycles. The second kappa shape index (κ2) is 3.14. The third-order valence-electron chi connectivity index (χ3n) is 2.14. The molecule has 13 heavy (non-hydrogen) atoms. The van der Waals surface area contributed by atoms with Crippen molar-refractivity contribution in [2.24, 2.45) is 12.8 Å². The van der Waals surface area contributed by atoms with E-state index in [1.165, 1.54) is 0 Å². The van der Waals surface area contributed by atoms with E-state index >= 15 is 0 Å². The van der Waals surface area contributed by atoms with Crippen molar-refractivity contribution in [3.63, 3.8) is 0 Å². The molecule has 0 bridgehead atoms. The van der Waals surface area contributed by atoms with Crippen LogP contribution in [-0.4, -0.2) is 21.1 Å². The van der Waals surface area contributed by atoms with Crippen molar-refractivity contribution in [1.82, 2.24) is 14.5 Å². The number of rotatable bonds is 2. The minimum Gasteiger partial charge on any atom is -0.331 e. The zero-order valence-electron chi connectivity index (χ0n) is 7.57. The summed E-state index contributed by atoms with van der Waals surface area (Å²) in [6.45, 7) is 0.630. The van der Waals surface area contributed by atoms with Gasteiger partial charge in [0, 0.05) is 19.7 Å². The average Bonchev–Trinajstić information content (AvgIpc) is 2.46. The van der Waals surface area contributed by atoms with Crippen LogP contribution in [0, 0.1) is 0 Å². The van der Waals surface area contributed by atoms with Gasteiger partial charge in [0.1, 0.15) is 11.3 Å². The van der Waals surface area contributed by atoms with Crippen molar-refractivity contribution >= 4 is 11.0 Å². The van der Waals surface area contributed by atoms with Crippen LogP contribution in [0.1, 0.15) is 5.82 Å². The van der Waals surface area contributed by atoms with E-state index in [0.717, 1.165) is 23.3 Å². The van der Waals surface area contributed by atoms with Gasteiger partial charge in [0.15, 0.2) is 0 Å². The first kappa shape index (κ1) is 8.19. The summed E-state index contributed by atoms with van der Waals surface area (Å²) in [5, 5.41) is 0. The maximum Gasteiger partial charge on any atom is 0.110 e. The highest BCUT2D eigenvalue weighted by Crippen LogP contribution is 2.12. The summed E-state index contributed by atoms with van der Waals surface area (Å²) in [5.74, 6) is 1.02. The molecule has 2 aromatic rings. The molecule has 0 saturated carbocycles. The Bertz CT molecular complexity index is 418. The molecule has 2 N–H and O–H groups in total. The highest BCUT2D eigenvalue weighted by atomic mass is 15.1. The molecule has 0 fully saturated rings. The Labute approximate surface area is 76.4 Å². The predicted molar refractivity (Wildman–Crippen MR) is 51.3 cm³/mol. The van der Waals surface area contributed by atoms with Crippen LogP contribution in [0.25, 0.3) is 11.0 Å². The Morgan fingerprint density at radius 3 is 3.08 bits per heavy atom. The number of nitrogens with two attached hydrogens (primary N) is 1. The number of aromatic nitrogens is 3. The van der Waals surface area contributed by atoms with Crippen molar-refractivity contribution in [3.05, 3.63) is 24.3 Å². The van der Waals surface area contributed by atoms with Gasteiger partial charge in [-0.1, -0.05) is 0 Å². The summed E-state index contributed by atoms with van der Waals surface area (Å²) in [6, 6.07) is 1.96. The molecule has 0 unspecified atom stereocenters. The zero-order valence-corrected chi connectivity index (χ0v) is 7.57. The van der Waals surface area contributed by atoms with Crippen LogP contribution in [0.3, 0.4) is 0 Å². The lowest BCUT2D eigenvalue weighted by molar-refractivity contribution is 0.794. The minimum atomic E-state index is 0.630. The minimum absolute atomic E-state index is 0.630. The van der Waals surface area contributed by atoms with Gasteiger partial charge < -0.3 is 10.3 Å². The van der Waals surface area contributed by atoms with Crippen molar-refractivity contribution in [2.75, 3.05) is 6.54 Å². The van der Waals surface area contributed by atoms with E-state index < -0.39 is 0 Å². The highest BCUT2D eigenvalue weighted by molar-refractivity contribution is 5.74. The summed E-state index contributed by atoms with van der Waals surface area (Å²) >= 11 is 0. The Morgan fingerprint density at radius 2 is 2.38 bits per heavy atom. The van der Waals surface area contributed by atoms with E-state index in [9.17, 15) is 0 Å². The number of nitrogens with zero attached hydrogens (tertiary/aromatic N) is 3. The van der Waals surface area contributed by atoms with Crippen molar-refractivity contribution in [2.45, 2.75) is 6.42 Å². The third kappa shape index (κ3) is 1.29. The van der Waals surface area contributed by atoms with Crippen molar-refractivity contribution < 1.29 is 0 Å². The van der Waals surface area contributed by atoms with Crippen LogP contribution in [0.4, 0.5) is 0 Å². The van der Waals surface area contributed by atoms with E-state index in [1.54, 1.807) is 12.4 Å². The van der Waals surface area contributed by atoms with Gasteiger partial charge in [0.2, 0.25) is 0 Å². The van der Waals surface area contributed by atoms with Gasteiger partial charge in [-0.25, -0.2) is 4.98 Å².